The van der Waals surface area contributed by atoms with E-state index >= 15 is 0 Å². The van der Waals surface area contributed by atoms with Gasteiger partial charge in [0.1, 0.15) is 11.6 Å². The van der Waals surface area contributed by atoms with Gasteiger partial charge >= 0.3 is 0 Å². The minimum Gasteiger partial charge on any atom is -0.383 e. The van der Waals surface area contributed by atoms with E-state index in [2.05, 4.69) is 15.3 Å². The zero-order valence-electron chi connectivity index (χ0n) is 13.3. The Bertz CT molecular complexity index is 519. The molecule has 0 radical (unpaired) electrons. The van der Waals surface area contributed by atoms with Gasteiger partial charge in [0.2, 0.25) is 5.91 Å². The summed E-state index contributed by atoms with van der Waals surface area (Å²) in [5.41, 5.74) is 2.07. The van der Waals surface area contributed by atoms with E-state index in [1.807, 2.05) is 25.7 Å². The first-order chi connectivity index (χ1) is 10.0. The number of aryl methyl sites for hydroxylation is 2. The Morgan fingerprint density at radius 1 is 1.33 bits per heavy atom. The second-order valence-electron chi connectivity index (χ2n) is 5.61. The molecule has 1 N–H and O–H groups in total. The summed E-state index contributed by atoms with van der Waals surface area (Å²) in [4.78, 5) is 22.6. The van der Waals surface area contributed by atoms with E-state index in [1.54, 1.807) is 7.11 Å². The highest BCUT2D eigenvalue weighted by molar-refractivity contribution is 5.78. The lowest BCUT2D eigenvalue weighted by Gasteiger charge is -2.17. The van der Waals surface area contributed by atoms with E-state index in [4.69, 9.17) is 4.74 Å². The van der Waals surface area contributed by atoms with Gasteiger partial charge in [-0.15, -0.1) is 0 Å². The maximum Gasteiger partial charge on any atom is 0.223 e. The third-order valence-corrected chi connectivity index (χ3v) is 3.92. The molecule has 116 valence electrons. The molecule has 0 aliphatic carbocycles. The molecule has 6 nitrogen and oxygen atoms in total. The molecule has 1 aromatic heterocycles. The quantitative estimate of drug-likeness (QED) is 0.856. The minimum atomic E-state index is 0.214. The van der Waals surface area contributed by atoms with Crippen LogP contribution in [0, 0.1) is 26.7 Å². The van der Waals surface area contributed by atoms with Gasteiger partial charge in [-0.3, -0.25) is 4.79 Å². The van der Waals surface area contributed by atoms with E-state index in [9.17, 15) is 4.79 Å². The van der Waals surface area contributed by atoms with Crippen molar-refractivity contribution in [2.24, 2.45) is 5.92 Å². The van der Waals surface area contributed by atoms with Gasteiger partial charge in [-0.05, 0) is 20.8 Å². The van der Waals surface area contributed by atoms with E-state index in [-0.39, 0.29) is 5.91 Å². The van der Waals surface area contributed by atoms with Crippen molar-refractivity contribution in [3.63, 3.8) is 0 Å². The summed E-state index contributed by atoms with van der Waals surface area (Å²) < 4.78 is 5.03. The van der Waals surface area contributed by atoms with Crippen molar-refractivity contribution < 1.29 is 9.53 Å². The lowest BCUT2D eigenvalue weighted by molar-refractivity contribution is -0.128. The van der Waals surface area contributed by atoms with E-state index in [0.29, 0.717) is 25.5 Å². The van der Waals surface area contributed by atoms with Crippen LogP contribution in [0.1, 0.15) is 23.5 Å². The molecule has 1 amide bonds. The van der Waals surface area contributed by atoms with Crippen molar-refractivity contribution in [1.82, 2.24) is 14.9 Å². The predicted molar refractivity (Wildman–Crippen MR) is 81.3 cm³/mol. The number of rotatable bonds is 6. The highest BCUT2D eigenvalue weighted by Crippen LogP contribution is 2.20. The molecule has 6 heteroatoms. The number of likely N-dealkylation sites (tertiary alicyclic amines) is 1. The first kappa shape index (κ1) is 15.7. The number of hydrogen-bond acceptors (Lipinski definition) is 5. The Balaban J connectivity index is 1.91. The molecule has 1 aliphatic heterocycles. The van der Waals surface area contributed by atoms with Crippen LogP contribution in [-0.4, -0.2) is 54.1 Å². The Kier molecular flexibility index (Phi) is 5.12. The van der Waals surface area contributed by atoms with Gasteiger partial charge in [-0.2, -0.15) is 0 Å². The fraction of sp³-hybridized carbons (Fsp3) is 0.667. The Hall–Kier alpha value is -1.69. The van der Waals surface area contributed by atoms with Crippen LogP contribution in [0.3, 0.4) is 0 Å². The van der Waals surface area contributed by atoms with Crippen LogP contribution in [0.4, 0.5) is 5.82 Å². The van der Waals surface area contributed by atoms with E-state index in [1.165, 1.54) is 0 Å². The molecule has 2 heterocycles. The van der Waals surface area contributed by atoms with Crippen LogP contribution < -0.4 is 5.32 Å². The van der Waals surface area contributed by atoms with Gasteiger partial charge in [0.05, 0.1) is 6.61 Å². The minimum absolute atomic E-state index is 0.214. The number of amides is 1. The SMILES string of the molecule is COCCN1C[C@@H](CNc2nc(C)nc(C)c2C)CC1=O. The Morgan fingerprint density at radius 2 is 2.10 bits per heavy atom. The summed E-state index contributed by atoms with van der Waals surface area (Å²) >= 11 is 0. The number of hydrogen-bond donors (Lipinski definition) is 1. The van der Waals surface area contributed by atoms with Gasteiger partial charge in [-0.1, -0.05) is 0 Å². The maximum absolute atomic E-state index is 11.9. The monoisotopic (exact) mass is 292 g/mol. The van der Waals surface area contributed by atoms with Crippen molar-refractivity contribution in [2.75, 3.05) is 38.7 Å². The lowest BCUT2D eigenvalue weighted by Crippen LogP contribution is -2.29. The topological polar surface area (TPSA) is 67.3 Å². The zero-order chi connectivity index (χ0) is 15.4. The van der Waals surface area contributed by atoms with Gasteiger partial charge in [-0.25, -0.2) is 9.97 Å². The van der Waals surface area contributed by atoms with Crippen molar-refractivity contribution in [3.05, 3.63) is 17.1 Å². The molecular formula is C15H24N4O2. The number of nitrogens with one attached hydrogen (secondary N) is 1. The molecule has 0 unspecified atom stereocenters. The summed E-state index contributed by atoms with van der Waals surface area (Å²) in [7, 11) is 1.65. The molecule has 0 aromatic carbocycles. The zero-order valence-corrected chi connectivity index (χ0v) is 13.3. The number of aromatic nitrogens is 2. The number of ether oxygens (including phenoxy) is 1. The molecule has 0 saturated carbocycles. The van der Waals surface area contributed by atoms with Gasteiger partial charge in [0, 0.05) is 50.3 Å². The van der Waals surface area contributed by atoms with Crippen LogP contribution in [0.2, 0.25) is 0 Å². The number of carbonyl (C=O) groups is 1. The Morgan fingerprint density at radius 3 is 2.81 bits per heavy atom. The number of nitrogens with zero attached hydrogens (tertiary/aromatic N) is 3. The first-order valence-electron chi connectivity index (χ1n) is 7.33. The summed E-state index contributed by atoms with van der Waals surface area (Å²) in [5.74, 6) is 2.18. The number of methoxy groups -OCH3 is 1. The van der Waals surface area contributed by atoms with Gasteiger partial charge in [0.15, 0.2) is 0 Å². The van der Waals surface area contributed by atoms with E-state index in [0.717, 1.165) is 36.0 Å². The number of carbonyl (C=O) groups excluding carboxylic acids is 1. The molecule has 0 bridgehead atoms. The lowest BCUT2D eigenvalue weighted by atomic mass is 10.1. The van der Waals surface area contributed by atoms with Crippen LogP contribution in [-0.2, 0) is 9.53 Å². The summed E-state index contributed by atoms with van der Waals surface area (Å²) in [6, 6.07) is 0. The van der Waals surface area contributed by atoms with Crippen LogP contribution in [0.15, 0.2) is 0 Å². The summed E-state index contributed by atoms with van der Waals surface area (Å²) in [6.45, 7) is 8.71. The normalized spacial score (nSPS) is 18.4. The highest BCUT2D eigenvalue weighted by atomic mass is 16.5. The summed E-state index contributed by atoms with van der Waals surface area (Å²) in [6.07, 6.45) is 0.596. The van der Waals surface area contributed by atoms with E-state index < -0.39 is 0 Å². The maximum atomic E-state index is 11.9. The molecule has 2 rings (SSSR count). The molecule has 1 atom stereocenters. The van der Waals surface area contributed by atoms with Crippen molar-refractivity contribution in [2.45, 2.75) is 27.2 Å². The molecule has 1 fully saturated rings. The molecule has 1 saturated heterocycles. The second-order valence-corrected chi connectivity index (χ2v) is 5.61. The molecular weight excluding hydrogens is 268 g/mol. The van der Waals surface area contributed by atoms with Crippen LogP contribution in [0.5, 0.6) is 0 Å². The van der Waals surface area contributed by atoms with Crippen molar-refractivity contribution >= 4 is 11.7 Å². The largest absolute Gasteiger partial charge is 0.383 e. The smallest absolute Gasteiger partial charge is 0.223 e. The summed E-state index contributed by atoms with van der Waals surface area (Å²) in [5, 5.41) is 3.37. The fourth-order valence-corrected chi connectivity index (χ4v) is 2.59. The van der Waals surface area contributed by atoms with Crippen LogP contribution >= 0.6 is 0 Å². The molecule has 1 aliphatic rings. The predicted octanol–water partition coefficient (Wildman–Crippen LogP) is 1.31. The van der Waals surface area contributed by atoms with Gasteiger partial charge < -0.3 is 15.0 Å². The molecule has 0 spiro atoms. The van der Waals surface area contributed by atoms with Gasteiger partial charge in [0.25, 0.3) is 0 Å². The first-order valence-corrected chi connectivity index (χ1v) is 7.33. The van der Waals surface area contributed by atoms with Crippen LogP contribution in [0.25, 0.3) is 0 Å². The fourth-order valence-electron chi connectivity index (χ4n) is 2.59. The third-order valence-electron chi connectivity index (χ3n) is 3.92. The molecule has 21 heavy (non-hydrogen) atoms. The second kappa shape index (κ2) is 6.85. The third kappa shape index (κ3) is 3.91. The van der Waals surface area contributed by atoms with Crippen molar-refractivity contribution in [3.8, 4) is 0 Å². The highest BCUT2D eigenvalue weighted by Gasteiger charge is 2.29. The Labute approximate surface area is 125 Å². The average molecular weight is 292 g/mol. The number of anilines is 1. The average Bonchev–Trinajstić information content (AvgIpc) is 2.79. The standard InChI is InChI=1S/C15H24N4O2/c1-10-11(2)17-12(3)18-15(10)16-8-13-7-14(20)19(9-13)5-6-21-4/h13H,5-9H2,1-4H3,(H,16,17,18)/t13-/m1/s1. The van der Waals surface area contributed by atoms with Crippen molar-refractivity contribution in [1.29, 1.82) is 0 Å². The molecule has 1 aromatic rings.